The molecule has 1 heteroatoms. The zero-order valence-corrected chi connectivity index (χ0v) is 18.4. The van der Waals surface area contributed by atoms with E-state index in [1.165, 1.54) is 64.8 Å². The van der Waals surface area contributed by atoms with Crippen LogP contribution >= 0.6 is 15.9 Å². The zero-order valence-electron chi connectivity index (χ0n) is 16.8. The van der Waals surface area contributed by atoms with Crippen molar-refractivity contribution in [3.8, 4) is 0 Å². The molecule has 0 aliphatic heterocycles. The van der Waals surface area contributed by atoms with Crippen LogP contribution in [0.5, 0.6) is 0 Å². The maximum absolute atomic E-state index is 3.54. The molecular weight excluding hydrogens is 416 g/mol. The molecule has 4 aromatic carbocycles. The van der Waals surface area contributed by atoms with Gasteiger partial charge >= 0.3 is 0 Å². The molecular formula is C28H27Br. The van der Waals surface area contributed by atoms with E-state index in [1.807, 2.05) is 0 Å². The number of benzene rings is 4. The normalized spacial score (nSPS) is 16.2. The number of rotatable bonds is 5. The van der Waals surface area contributed by atoms with Crippen molar-refractivity contribution in [1.29, 1.82) is 0 Å². The SMILES string of the molecule is BrCCc1ccc(CCC2CCCc3ccc4c(ccc5ccccc54)c32)cc1. The average molecular weight is 443 g/mol. The van der Waals surface area contributed by atoms with Crippen LogP contribution in [0.25, 0.3) is 21.5 Å². The van der Waals surface area contributed by atoms with E-state index >= 15 is 0 Å². The van der Waals surface area contributed by atoms with Crippen LogP contribution in [0.15, 0.2) is 72.8 Å². The Balaban J connectivity index is 1.47. The Labute approximate surface area is 182 Å². The summed E-state index contributed by atoms with van der Waals surface area (Å²) in [7, 11) is 0. The molecule has 1 aliphatic rings. The lowest BCUT2D eigenvalue weighted by Gasteiger charge is -2.28. The lowest BCUT2D eigenvalue weighted by atomic mass is 9.77. The van der Waals surface area contributed by atoms with Gasteiger partial charge in [-0.3, -0.25) is 0 Å². The molecule has 0 spiro atoms. The first-order chi connectivity index (χ1) is 14.3. The van der Waals surface area contributed by atoms with Gasteiger partial charge in [-0.25, -0.2) is 0 Å². The highest BCUT2D eigenvalue weighted by Gasteiger charge is 2.22. The Morgan fingerprint density at radius 1 is 0.724 bits per heavy atom. The van der Waals surface area contributed by atoms with Gasteiger partial charge < -0.3 is 0 Å². The van der Waals surface area contributed by atoms with Crippen LogP contribution in [0.2, 0.25) is 0 Å². The maximum Gasteiger partial charge on any atom is 0.00718 e. The van der Waals surface area contributed by atoms with Crippen molar-refractivity contribution >= 4 is 37.5 Å². The Hall–Kier alpha value is -2.12. The summed E-state index contributed by atoms with van der Waals surface area (Å²) >= 11 is 3.54. The third-order valence-corrected chi connectivity index (χ3v) is 7.05. The first-order valence-corrected chi connectivity index (χ1v) is 12.0. The van der Waals surface area contributed by atoms with E-state index in [4.69, 9.17) is 0 Å². The highest BCUT2D eigenvalue weighted by atomic mass is 79.9. The minimum Gasteiger partial charge on any atom is -0.0924 e. The molecule has 0 aromatic heterocycles. The fourth-order valence-corrected chi connectivity index (χ4v) is 5.61. The molecule has 29 heavy (non-hydrogen) atoms. The molecule has 1 aliphatic carbocycles. The zero-order chi connectivity index (χ0) is 19.6. The number of aryl methyl sites for hydroxylation is 3. The number of alkyl halides is 1. The van der Waals surface area contributed by atoms with Gasteiger partial charge in [-0.05, 0) is 88.2 Å². The standard InChI is InChI=1S/C28H27Br/c29-19-18-21-10-8-20(9-11-21)12-13-23-5-3-6-24-15-16-26-25-7-2-1-4-22(25)14-17-27(26)28(23)24/h1-2,4,7-11,14-17,23H,3,5-6,12-13,18-19H2. The molecule has 0 saturated carbocycles. The monoisotopic (exact) mass is 442 g/mol. The summed E-state index contributed by atoms with van der Waals surface area (Å²) in [5.41, 5.74) is 6.11. The molecule has 0 bridgehead atoms. The van der Waals surface area contributed by atoms with E-state index < -0.39 is 0 Å². The van der Waals surface area contributed by atoms with Crippen LogP contribution in [0.4, 0.5) is 0 Å². The molecule has 0 nitrogen and oxygen atoms in total. The van der Waals surface area contributed by atoms with Crippen LogP contribution in [0, 0.1) is 0 Å². The second kappa shape index (κ2) is 8.32. The minimum atomic E-state index is 0.672. The van der Waals surface area contributed by atoms with Crippen molar-refractivity contribution in [3.05, 3.63) is 95.1 Å². The smallest absolute Gasteiger partial charge is 0.00718 e. The molecule has 146 valence electrons. The first kappa shape index (κ1) is 18.9. The van der Waals surface area contributed by atoms with Gasteiger partial charge in [0.2, 0.25) is 0 Å². The second-order valence-corrected chi connectivity index (χ2v) is 9.20. The third kappa shape index (κ3) is 3.73. The van der Waals surface area contributed by atoms with Crippen LogP contribution in [-0.4, -0.2) is 5.33 Å². The number of halogens is 1. The maximum atomic E-state index is 3.54. The Morgan fingerprint density at radius 2 is 1.48 bits per heavy atom. The average Bonchev–Trinajstić information content (AvgIpc) is 2.78. The predicted molar refractivity (Wildman–Crippen MR) is 129 cm³/mol. The summed E-state index contributed by atoms with van der Waals surface area (Å²) in [4.78, 5) is 0. The molecule has 0 amide bonds. The molecule has 0 N–H and O–H groups in total. The van der Waals surface area contributed by atoms with Crippen LogP contribution in [0.1, 0.15) is 47.4 Å². The van der Waals surface area contributed by atoms with Gasteiger partial charge in [0.25, 0.3) is 0 Å². The van der Waals surface area contributed by atoms with E-state index in [2.05, 4.69) is 88.7 Å². The van der Waals surface area contributed by atoms with Gasteiger partial charge in [0.1, 0.15) is 0 Å². The molecule has 1 atom stereocenters. The number of hydrogen-bond acceptors (Lipinski definition) is 0. The lowest BCUT2D eigenvalue weighted by molar-refractivity contribution is 0.524. The van der Waals surface area contributed by atoms with Crippen molar-refractivity contribution in [1.82, 2.24) is 0 Å². The van der Waals surface area contributed by atoms with Crippen molar-refractivity contribution in [2.45, 2.75) is 44.4 Å². The largest absolute Gasteiger partial charge is 0.0924 e. The van der Waals surface area contributed by atoms with Crippen LogP contribution in [-0.2, 0) is 19.3 Å². The predicted octanol–water partition coefficient (Wildman–Crippen LogP) is 7.98. The van der Waals surface area contributed by atoms with E-state index in [1.54, 1.807) is 11.1 Å². The van der Waals surface area contributed by atoms with Crippen molar-refractivity contribution in [2.75, 3.05) is 5.33 Å². The van der Waals surface area contributed by atoms with E-state index in [0.717, 1.165) is 11.8 Å². The Morgan fingerprint density at radius 3 is 2.31 bits per heavy atom. The van der Waals surface area contributed by atoms with E-state index in [-0.39, 0.29) is 0 Å². The highest BCUT2D eigenvalue weighted by Crippen LogP contribution is 2.41. The molecule has 0 heterocycles. The lowest BCUT2D eigenvalue weighted by Crippen LogP contribution is -2.11. The van der Waals surface area contributed by atoms with Gasteiger partial charge in [-0.1, -0.05) is 88.7 Å². The van der Waals surface area contributed by atoms with E-state index in [0.29, 0.717) is 5.92 Å². The van der Waals surface area contributed by atoms with Gasteiger partial charge in [0, 0.05) is 5.33 Å². The topological polar surface area (TPSA) is 0 Å². The summed E-state index contributed by atoms with van der Waals surface area (Å²) in [6, 6.07) is 27.5. The fourth-order valence-electron chi connectivity index (χ4n) is 5.15. The van der Waals surface area contributed by atoms with Crippen LogP contribution < -0.4 is 0 Å². The summed E-state index contributed by atoms with van der Waals surface area (Å²) in [6.07, 6.45) is 7.40. The summed E-state index contributed by atoms with van der Waals surface area (Å²) in [5, 5.41) is 6.68. The Bertz CT molecular complexity index is 1140. The van der Waals surface area contributed by atoms with Gasteiger partial charge in [0.15, 0.2) is 0 Å². The Kier molecular flexibility index (Phi) is 5.42. The van der Waals surface area contributed by atoms with Gasteiger partial charge in [-0.15, -0.1) is 0 Å². The van der Waals surface area contributed by atoms with Crippen LogP contribution in [0.3, 0.4) is 0 Å². The van der Waals surface area contributed by atoms with E-state index in [9.17, 15) is 0 Å². The fraction of sp³-hybridized carbons (Fsp3) is 0.286. The number of fused-ring (bicyclic) bond motifs is 5. The molecule has 0 radical (unpaired) electrons. The molecule has 5 rings (SSSR count). The highest BCUT2D eigenvalue weighted by molar-refractivity contribution is 9.09. The van der Waals surface area contributed by atoms with Gasteiger partial charge in [0.05, 0.1) is 0 Å². The third-order valence-electron chi connectivity index (χ3n) is 6.65. The van der Waals surface area contributed by atoms with Crippen molar-refractivity contribution in [2.24, 2.45) is 0 Å². The number of hydrogen-bond donors (Lipinski definition) is 0. The summed E-state index contributed by atoms with van der Waals surface area (Å²) in [6.45, 7) is 0. The second-order valence-electron chi connectivity index (χ2n) is 8.40. The molecule has 0 fully saturated rings. The minimum absolute atomic E-state index is 0.672. The molecule has 4 aromatic rings. The summed E-state index contributed by atoms with van der Waals surface area (Å²) < 4.78 is 0. The van der Waals surface area contributed by atoms with Gasteiger partial charge in [-0.2, -0.15) is 0 Å². The summed E-state index contributed by atoms with van der Waals surface area (Å²) in [5.74, 6) is 0.672. The quantitative estimate of drug-likeness (QED) is 0.217. The first-order valence-electron chi connectivity index (χ1n) is 10.9. The van der Waals surface area contributed by atoms with Crippen molar-refractivity contribution in [3.63, 3.8) is 0 Å². The van der Waals surface area contributed by atoms with Crippen molar-refractivity contribution < 1.29 is 0 Å². The molecule has 0 saturated heterocycles. The molecule has 1 unspecified atom stereocenters.